The number of para-hydroxylation sites is 1. The minimum Gasteiger partial charge on any atom is -0.462 e. The minimum absolute atomic E-state index is 0.0227. The number of nitrogens with one attached hydrogen (secondary N) is 2. The van der Waals surface area contributed by atoms with Gasteiger partial charge in [0.2, 0.25) is 0 Å². The Balaban J connectivity index is 1.87. The Labute approximate surface area is 191 Å². The fraction of sp³-hybridized carbons (Fsp3) is 0.130. The molecule has 0 aliphatic heterocycles. The van der Waals surface area contributed by atoms with E-state index in [1.54, 1.807) is 56.3 Å². The van der Waals surface area contributed by atoms with Crippen LogP contribution in [0, 0.1) is 6.92 Å². The highest BCUT2D eigenvalue weighted by molar-refractivity contribution is 7.92. The van der Waals surface area contributed by atoms with Crippen LogP contribution in [0.3, 0.4) is 0 Å². The molecule has 1 amide bonds. The van der Waals surface area contributed by atoms with Crippen LogP contribution < -0.4 is 10.0 Å². The Kier molecular flexibility index (Phi) is 7.17. The van der Waals surface area contributed by atoms with Crippen LogP contribution in [0.15, 0.2) is 71.6 Å². The molecule has 0 radical (unpaired) electrons. The molecular weight excluding hydrogens is 452 g/mol. The Morgan fingerprint density at radius 3 is 2.34 bits per heavy atom. The van der Waals surface area contributed by atoms with Crippen LogP contribution in [0.1, 0.15) is 33.2 Å². The van der Waals surface area contributed by atoms with Crippen LogP contribution in [0.25, 0.3) is 0 Å². The number of carbonyl (C=O) groups is 2. The second kappa shape index (κ2) is 9.84. The van der Waals surface area contributed by atoms with Gasteiger partial charge in [0.25, 0.3) is 15.9 Å². The second-order valence-corrected chi connectivity index (χ2v) is 8.88. The highest BCUT2D eigenvalue weighted by Crippen LogP contribution is 2.26. The molecule has 0 spiro atoms. The maximum Gasteiger partial charge on any atom is 0.338 e. The van der Waals surface area contributed by atoms with E-state index in [4.69, 9.17) is 16.3 Å². The number of rotatable bonds is 7. The summed E-state index contributed by atoms with van der Waals surface area (Å²) in [4.78, 5) is 24.6. The number of halogens is 1. The molecule has 166 valence electrons. The average molecular weight is 473 g/mol. The zero-order chi connectivity index (χ0) is 23.3. The van der Waals surface area contributed by atoms with Gasteiger partial charge in [-0.2, -0.15) is 0 Å². The van der Waals surface area contributed by atoms with Crippen molar-refractivity contribution < 1.29 is 22.7 Å². The van der Waals surface area contributed by atoms with Crippen LogP contribution in [-0.4, -0.2) is 26.9 Å². The summed E-state index contributed by atoms with van der Waals surface area (Å²) in [5.41, 5.74) is 1.87. The minimum atomic E-state index is -4.03. The third kappa shape index (κ3) is 5.46. The average Bonchev–Trinajstić information content (AvgIpc) is 2.76. The summed E-state index contributed by atoms with van der Waals surface area (Å²) >= 11 is 6.12. The van der Waals surface area contributed by atoms with Crippen molar-refractivity contribution in [1.82, 2.24) is 0 Å². The first kappa shape index (κ1) is 23.3. The van der Waals surface area contributed by atoms with Crippen LogP contribution in [-0.2, 0) is 14.8 Å². The number of esters is 1. The highest BCUT2D eigenvalue weighted by Gasteiger charge is 2.21. The van der Waals surface area contributed by atoms with E-state index in [2.05, 4.69) is 10.0 Å². The molecule has 0 heterocycles. The van der Waals surface area contributed by atoms with E-state index in [-0.39, 0.29) is 22.1 Å². The summed E-state index contributed by atoms with van der Waals surface area (Å²) < 4.78 is 33.0. The molecule has 2 N–H and O–H groups in total. The van der Waals surface area contributed by atoms with Gasteiger partial charge in [0.1, 0.15) is 4.90 Å². The fourth-order valence-corrected chi connectivity index (χ4v) is 4.44. The lowest BCUT2D eigenvalue weighted by Gasteiger charge is -2.13. The van der Waals surface area contributed by atoms with Crippen molar-refractivity contribution in [2.24, 2.45) is 0 Å². The predicted molar refractivity (Wildman–Crippen MR) is 124 cm³/mol. The highest BCUT2D eigenvalue weighted by atomic mass is 35.5. The molecule has 0 fully saturated rings. The van der Waals surface area contributed by atoms with Crippen molar-refractivity contribution in [2.75, 3.05) is 16.6 Å². The number of carbonyl (C=O) groups excluding carboxylic acids is 2. The third-order valence-electron chi connectivity index (χ3n) is 4.51. The molecule has 0 bridgehead atoms. The SMILES string of the molecule is CCOC(=O)c1ccc(C)c(NC(=O)c2ccc(Cl)c(S(=O)(=O)Nc3ccccc3)c2)c1. The van der Waals surface area contributed by atoms with E-state index in [1.807, 2.05) is 0 Å². The topological polar surface area (TPSA) is 102 Å². The standard InChI is InChI=1S/C23H21ClN2O5S/c1-3-31-23(28)17-10-9-15(2)20(13-17)25-22(27)16-11-12-19(24)21(14-16)32(29,30)26-18-7-5-4-6-8-18/h4-14,26H,3H2,1-2H3,(H,25,27). The molecule has 0 atom stereocenters. The summed E-state index contributed by atoms with van der Waals surface area (Å²) in [7, 11) is -4.03. The van der Waals surface area contributed by atoms with Crippen LogP contribution >= 0.6 is 11.6 Å². The monoisotopic (exact) mass is 472 g/mol. The van der Waals surface area contributed by atoms with Crippen molar-refractivity contribution in [3.63, 3.8) is 0 Å². The van der Waals surface area contributed by atoms with E-state index < -0.39 is 21.9 Å². The number of anilines is 2. The number of hydrogen-bond acceptors (Lipinski definition) is 5. The summed E-state index contributed by atoms with van der Waals surface area (Å²) in [6.07, 6.45) is 0. The van der Waals surface area contributed by atoms with E-state index >= 15 is 0 Å². The summed E-state index contributed by atoms with van der Waals surface area (Å²) in [6.45, 7) is 3.70. The van der Waals surface area contributed by atoms with Gasteiger partial charge in [-0.3, -0.25) is 9.52 Å². The second-order valence-electron chi connectivity index (χ2n) is 6.82. The van der Waals surface area contributed by atoms with E-state index in [0.29, 0.717) is 16.9 Å². The Morgan fingerprint density at radius 2 is 1.66 bits per heavy atom. The molecule has 3 rings (SSSR count). The number of ether oxygens (including phenoxy) is 1. The molecule has 9 heteroatoms. The molecule has 3 aromatic carbocycles. The molecule has 0 aliphatic rings. The van der Waals surface area contributed by atoms with Crippen LogP contribution in [0.5, 0.6) is 0 Å². The molecule has 32 heavy (non-hydrogen) atoms. The van der Waals surface area contributed by atoms with Crippen molar-refractivity contribution in [3.8, 4) is 0 Å². The normalized spacial score (nSPS) is 11.0. The molecule has 3 aromatic rings. The Bertz CT molecular complexity index is 1260. The molecule has 0 unspecified atom stereocenters. The Hall–Kier alpha value is -3.36. The van der Waals surface area contributed by atoms with Gasteiger partial charge in [0, 0.05) is 16.9 Å². The van der Waals surface area contributed by atoms with E-state index in [1.165, 1.54) is 24.3 Å². The molecule has 0 saturated carbocycles. The third-order valence-corrected chi connectivity index (χ3v) is 6.37. The first-order valence-corrected chi connectivity index (χ1v) is 11.5. The van der Waals surface area contributed by atoms with Crippen molar-refractivity contribution in [1.29, 1.82) is 0 Å². The zero-order valence-electron chi connectivity index (χ0n) is 17.4. The van der Waals surface area contributed by atoms with Crippen molar-refractivity contribution in [3.05, 3.63) is 88.4 Å². The van der Waals surface area contributed by atoms with Gasteiger partial charge in [-0.25, -0.2) is 13.2 Å². The molecule has 0 saturated heterocycles. The number of benzene rings is 3. The first-order valence-electron chi connectivity index (χ1n) is 9.68. The smallest absolute Gasteiger partial charge is 0.338 e. The lowest BCUT2D eigenvalue weighted by Crippen LogP contribution is -2.17. The maximum absolute atomic E-state index is 12.8. The molecule has 0 aromatic heterocycles. The quantitative estimate of drug-likeness (QED) is 0.477. The number of aryl methyl sites for hydroxylation is 1. The number of sulfonamides is 1. The number of hydrogen-bond donors (Lipinski definition) is 2. The number of amides is 1. The lowest BCUT2D eigenvalue weighted by atomic mass is 10.1. The van der Waals surface area contributed by atoms with Crippen molar-refractivity contribution >= 4 is 44.9 Å². The van der Waals surface area contributed by atoms with Gasteiger partial charge in [-0.1, -0.05) is 35.9 Å². The van der Waals surface area contributed by atoms with Gasteiger partial charge < -0.3 is 10.1 Å². The fourth-order valence-electron chi connectivity index (χ4n) is 2.86. The van der Waals surface area contributed by atoms with E-state index in [0.717, 1.165) is 5.56 Å². The molecule has 0 aliphatic carbocycles. The lowest BCUT2D eigenvalue weighted by molar-refractivity contribution is 0.0526. The first-order chi connectivity index (χ1) is 15.2. The van der Waals surface area contributed by atoms with Gasteiger partial charge in [-0.15, -0.1) is 0 Å². The maximum atomic E-state index is 12.8. The van der Waals surface area contributed by atoms with Crippen LogP contribution in [0.2, 0.25) is 5.02 Å². The largest absolute Gasteiger partial charge is 0.462 e. The zero-order valence-corrected chi connectivity index (χ0v) is 19.0. The van der Waals surface area contributed by atoms with Crippen LogP contribution in [0.4, 0.5) is 11.4 Å². The van der Waals surface area contributed by atoms with Gasteiger partial charge in [0.05, 0.1) is 17.2 Å². The summed E-state index contributed by atoms with van der Waals surface area (Å²) in [6, 6.07) is 17.1. The van der Waals surface area contributed by atoms with Gasteiger partial charge in [0.15, 0.2) is 0 Å². The summed E-state index contributed by atoms with van der Waals surface area (Å²) in [5, 5.41) is 2.68. The molecule has 7 nitrogen and oxygen atoms in total. The Morgan fingerprint density at radius 1 is 0.969 bits per heavy atom. The van der Waals surface area contributed by atoms with E-state index in [9.17, 15) is 18.0 Å². The molecular formula is C23H21ClN2O5S. The van der Waals surface area contributed by atoms with Gasteiger partial charge >= 0.3 is 5.97 Å². The predicted octanol–water partition coefficient (Wildman–Crippen LogP) is 4.88. The van der Waals surface area contributed by atoms with Crippen molar-refractivity contribution in [2.45, 2.75) is 18.7 Å². The summed E-state index contributed by atoms with van der Waals surface area (Å²) in [5.74, 6) is -1.06. The van der Waals surface area contributed by atoms with Gasteiger partial charge in [-0.05, 0) is 61.9 Å².